The van der Waals surface area contributed by atoms with Crippen molar-refractivity contribution in [3.05, 3.63) is 0 Å². The van der Waals surface area contributed by atoms with Gasteiger partial charge in [-0.2, -0.15) is 0 Å². The lowest BCUT2D eigenvalue weighted by molar-refractivity contribution is 0.159. The Morgan fingerprint density at radius 1 is 0.462 bits per heavy atom. The van der Waals surface area contributed by atoms with E-state index in [-0.39, 0.29) is 17.9 Å². The smallest absolute Gasteiger partial charge is 0.0558 e. The summed E-state index contributed by atoms with van der Waals surface area (Å²) in [6, 6.07) is 0. The summed E-state index contributed by atoms with van der Waals surface area (Å²) < 4.78 is 0. The molecule has 0 aliphatic heterocycles. The molecule has 160 valence electrons. The summed E-state index contributed by atoms with van der Waals surface area (Å²) in [4.78, 5) is 2.16. The third kappa shape index (κ3) is 21.9. The largest absolute Gasteiger partial charge is 0.395 e. The van der Waals surface area contributed by atoms with E-state index in [1.807, 2.05) is 0 Å². The predicted molar refractivity (Wildman–Crippen MR) is 113 cm³/mol. The molecule has 0 spiro atoms. The van der Waals surface area contributed by atoms with Gasteiger partial charge in [-0.25, -0.2) is 0 Å². The summed E-state index contributed by atoms with van der Waals surface area (Å²) in [7, 11) is 0. The first kappa shape index (κ1) is 28.0. The minimum Gasteiger partial charge on any atom is -0.395 e. The topological polar surface area (TPSA) is 43.7 Å². The summed E-state index contributed by atoms with van der Waals surface area (Å²) >= 11 is 0. The predicted octanol–water partition coefficient (Wildman–Crippen LogP) is 5.69. The Balaban J connectivity index is 0. The van der Waals surface area contributed by atoms with Gasteiger partial charge in [-0.1, -0.05) is 103 Å². The zero-order chi connectivity index (χ0) is 18.4. The number of hydrogen-bond acceptors (Lipinski definition) is 3. The van der Waals surface area contributed by atoms with E-state index >= 15 is 0 Å². The van der Waals surface area contributed by atoms with Crippen molar-refractivity contribution in [2.75, 3.05) is 32.8 Å². The number of aliphatic hydroxyl groups is 2. The van der Waals surface area contributed by atoms with Crippen molar-refractivity contribution >= 4 is 0 Å². The second-order valence-corrected chi connectivity index (χ2v) is 7.59. The van der Waals surface area contributed by atoms with Crippen LogP contribution in [0.15, 0.2) is 0 Å². The van der Waals surface area contributed by atoms with Gasteiger partial charge in [0.2, 0.25) is 0 Å². The van der Waals surface area contributed by atoms with Crippen LogP contribution in [0, 0.1) is 0 Å². The van der Waals surface area contributed by atoms with Crippen molar-refractivity contribution in [3.63, 3.8) is 0 Å². The molecule has 0 amide bonds. The van der Waals surface area contributed by atoms with E-state index in [0.29, 0.717) is 13.1 Å². The van der Waals surface area contributed by atoms with Crippen LogP contribution in [-0.2, 0) is 0 Å². The van der Waals surface area contributed by atoms with Gasteiger partial charge >= 0.3 is 0 Å². The molecule has 2 N–H and O–H groups in total. The SMILES string of the molecule is CCCCCCCCCCCCCCCCCCN(CCO)CCO.F. The van der Waals surface area contributed by atoms with Crippen LogP contribution in [-0.4, -0.2) is 48.0 Å². The molecule has 0 bridgehead atoms. The summed E-state index contributed by atoms with van der Waals surface area (Å²) in [5, 5.41) is 17.9. The van der Waals surface area contributed by atoms with Gasteiger partial charge in [-0.15, -0.1) is 0 Å². The molecule has 0 rings (SSSR count). The number of aliphatic hydroxyl groups excluding tert-OH is 2. The minimum absolute atomic E-state index is 0. The first-order valence-corrected chi connectivity index (χ1v) is 11.3. The van der Waals surface area contributed by atoms with Crippen LogP contribution in [0.3, 0.4) is 0 Å². The van der Waals surface area contributed by atoms with E-state index in [1.165, 1.54) is 103 Å². The molecule has 0 aromatic carbocycles. The quantitative estimate of drug-likeness (QED) is 0.253. The maximum Gasteiger partial charge on any atom is 0.0558 e. The van der Waals surface area contributed by atoms with Crippen molar-refractivity contribution in [1.29, 1.82) is 0 Å². The maximum atomic E-state index is 8.97. The third-order valence-electron chi connectivity index (χ3n) is 5.16. The molecule has 4 heteroatoms. The minimum atomic E-state index is 0. The third-order valence-corrected chi connectivity index (χ3v) is 5.16. The summed E-state index contributed by atoms with van der Waals surface area (Å²) in [6.07, 6.45) is 22.3. The Morgan fingerprint density at radius 2 is 0.769 bits per heavy atom. The van der Waals surface area contributed by atoms with Gasteiger partial charge in [0, 0.05) is 13.1 Å². The molecule has 0 aliphatic carbocycles. The lowest BCUT2D eigenvalue weighted by Gasteiger charge is -2.19. The average molecular weight is 378 g/mol. The Bertz CT molecular complexity index is 236. The molecule has 0 aliphatic rings. The van der Waals surface area contributed by atoms with E-state index in [1.54, 1.807) is 0 Å². The van der Waals surface area contributed by atoms with Gasteiger partial charge < -0.3 is 10.2 Å². The molecule has 0 radical (unpaired) electrons. The maximum absolute atomic E-state index is 8.97. The van der Waals surface area contributed by atoms with Gasteiger partial charge in [0.25, 0.3) is 0 Å². The monoisotopic (exact) mass is 377 g/mol. The van der Waals surface area contributed by atoms with Gasteiger partial charge in [0.1, 0.15) is 0 Å². The Morgan fingerprint density at radius 3 is 1.08 bits per heavy atom. The van der Waals surface area contributed by atoms with Crippen LogP contribution in [0.25, 0.3) is 0 Å². The lowest BCUT2D eigenvalue weighted by atomic mass is 10.0. The highest BCUT2D eigenvalue weighted by Gasteiger charge is 2.02. The van der Waals surface area contributed by atoms with E-state index in [0.717, 1.165) is 6.54 Å². The van der Waals surface area contributed by atoms with E-state index < -0.39 is 0 Å². The lowest BCUT2D eigenvalue weighted by Crippen LogP contribution is -2.30. The summed E-state index contributed by atoms with van der Waals surface area (Å²) in [5.74, 6) is 0. The normalized spacial score (nSPS) is 11.1. The van der Waals surface area contributed by atoms with Crippen LogP contribution < -0.4 is 0 Å². The van der Waals surface area contributed by atoms with Crippen molar-refractivity contribution < 1.29 is 14.9 Å². The number of hydrogen-bond donors (Lipinski definition) is 2. The van der Waals surface area contributed by atoms with Crippen LogP contribution >= 0.6 is 0 Å². The van der Waals surface area contributed by atoms with E-state index in [9.17, 15) is 0 Å². The van der Waals surface area contributed by atoms with Crippen molar-refractivity contribution in [2.45, 2.75) is 110 Å². The zero-order valence-corrected chi connectivity index (χ0v) is 17.6. The summed E-state index contributed by atoms with van der Waals surface area (Å²) in [5.41, 5.74) is 0. The number of unbranched alkanes of at least 4 members (excludes halogenated alkanes) is 15. The average Bonchev–Trinajstić information content (AvgIpc) is 2.61. The van der Waals surface area contributed by atoms with Crippen LogP contribution in [0.5, 0.6) is 0 Å². The van der Waals surface area contributed by atoms with Gasteiger partial charge in [0.15, 0.2) is 0 Å². The number of rotatable bonds is 21. The van der Waals surface area contributed by atoms with Crippen molar-refractivity contribution in [2.24, 2.45) is 0 Å². The van der Waals surface area contributed by atoms with Gasteiger partial charge in [-0.3, -0.25) is 9.60 Å². The second-order valence-electron chi connectivity index (χ2n) is 7.59. The van der Waals surface area contributed by atoms with Crippen LogP contribution in [0.2, 0.25) is 0 Å². The van der Waals surface area contributed by atoms with Crippen molar-refractivity contribution in [3.8, 4) is 0 Å². The van der Waals surface area contributed by atoms with Gasteiger partial charge in [-0.05, 0) is 13.0 Å². The molecular formula is C22H48FNO2. The number of halogens is 1. The Hall–Kier alpha value is -0.190. The van der Waals surface area contributed by atoms with Crippen LogP contribution in [0.4, 0.5) is 4.70 Å². The Kier molecular flexibility index (Phi) is 26.7. The molecule has 0 aromatic heterocycles. The summed E-state index contributed by atoms with van der Waals surface area (Å²) in [6.45, 7) is 5.07. The molecule has 26 heavy (non-hydrogen) atoms. The van der Waals surface area contributed by atoms with Gasteiger partial charge in [0.05, 0.1) is 13.2 Å². The van der Waals surface area contributed by atoms with E-state index in [2.05, 4.69) is 11.8 Å². The highest BCUT2D eigenvalue weighted by Crippen LogP contribution is 2.13. The highest BCUT2D eigenvalue weighted by molar-refractivity contribution is 4.57. The van der Waals surface area contributed by atoms with E-state index in [4.69, 9.17) is 10.2 Å². The molecule has 0 unspecified atom stereocenters. The standard InChI is InChI=1S/C22H47NO2.FH/c1-2-3-4-5-6-7-8-9-10-11-12-13-14-15-16-17-18-23(19-21-24)20-22-25;/h24-25H,2-22H2,1H3;1H. The first-order chi connectivity index (χ1) is 12.3. The molecule has 0 aromatic rings. The fourth-order valence-electron chi connectivity index (χ4n) is 3.50. The molecule has 0 saturated heterocycles. The van der Waals surface area contributed by atoms with Crippen molar-refractivity contribution in [1.82, 2.24) is 4.90 Å². The molecule has 0 fully saturated rings. The molecule has 0 saturated carbocycles. The first-order valence-electron chi connectivity index (χ1n) is 11.3. The zero-order valence-electron chi connectivity index (χ0n) is 17.6. The Labute approximate surface area is 162 Å². The molecule has 0 heterocycles. The highest BCUT2D eigenvalue weighted by atomic mass is 19.0. The molecular weight excluding hydrogens is 329 g/mol. The molecule has 0 atom stereocenters. The fourth-order valence-corrected chi connectivity index (χ4v) is 3.50. The van der Waals surface area contributed by atoms with Crippen LogP contribution in [0.1, 0.15) is 110 Å². The molecule has 3 nitrogen and oxygen atoms in total. The number of nitrogens with zero attached hydrogens (tertiary/aromatic N) is 1. The second kappa shape index (κ2) is 24.8. The fraction of sp³-hybridized carbons (Fsp3) is 1.00.